The number of carbonyl (C=O) groups excluding carboxylic acids is 1. The molecule has 3 aromatic rings. The summed E-state index contributed by atoms with van der Waals surface area (Å²) in [5.41, 5.74) is 7.69. The number of benzene rings is 2. The van der Waals surface area contributed by atoms with E-state index in [0.29, 0.717) is 56.7 Å². The minimum Gasteiger partial charge on any atom is -0.383 e. The lowest BCUT2D eigenvalue weighted by atomic mass is 9.88. The van der Waals surface area contributed by atoms with Crippen LogP contribution in [0.3, 0.4) is 0 Å². The smallest absolute Gasteiger partial charge is 0.256 e. The highest BCUT2D eigenvalue weighted by atomic mass is 19.1. The molecule has 5 nitrogen and oxygen atoms in total. The van der Waals surface area contributed by atoms with E-state index in [1.54, 1.807) is 27.8 Å². The molecule has 0 bridgehead atoms. The van der Waals surface area contributed by atoms with Crippen molar-refractivity contribution < 1.29 is 22.7 Å². The first-order valence-corrected chi connectivity index (χ1v) is 10.7. The van der Waals surface area contributed by atoms with Crippen LogP contribution in [0, 0.1) is 17.5 Å². The van der Waals surface area contributed by atoms with Crippen LogP contribution in [0.2, 0.25) is 0 Å². The Labute approximate surface area is 184 Å². The topological polar surface area (TPSA) is 60.5 Å². The maximum absolute atomic E-state index is 14.7. The van der Waals surface area contributed by atoms with Crippen LogP contribution < -0.4 is 5.73 Å². The third kappa shape index (κ3) is 4.25. The number of ether oxygens (including phenoxy) is 1. The summed E-state index contributed by atoms with van der Waals surface area (Å²) >= 11 is 0. The molecule has 1 aliphatic heterocycles. The van der Waals surface area contributed by atoms with Gasteiger partial charge in [-0.25, -0.2) is 13.2 Å². The average molecular weight is 445 g/mol. The fraction of sp³-hybridized carbons (Fsp3) is 0.375. The Bertz CT molecular complexity index is 1140. The molecule has 1 aliphatic rings. The molecule has 0 saturated carbocycles. The van der Waals surface area contributed by atoms with Crippen molar-refractivity contribution in [1.29, 1.82) is 0 Å². The summed E-state index contributed by atoms with van der Waals surface area (Å²) in [6.45, 7) is 1.88. The minimum atomic E-state index is -0.768. The van der Waals surface area contributed by atoms with E-state index in [9.17, 15) is 18.0 Å². The highest BCUT2D eigenvalue weighted by molar-refractivity contribution is 6.07. The lowest BCUT2D eigenvalue weighted by Gasteiger charge is -2.32. The van der Waals surface area contributed by atoms with Crippen molar-refractivity contribution in [2.24, 2.45) is 5.73 Å². The Balaban J connectivity index is 1.57. The van der Waals surface area contributed by atoms with Crippen LogP contribution in [0.25, 0.3) is 10.9 Å². The number of nitrogens with two attached hydrogens (primary N) is 1. The van der Waals surface area contributed by atoms with Crippen molar-refractivity contribution in [3.63, 3.8) is 0 Å². The van der Waals surface area contributed by atoms with Crippen LogP contribution in [-0.2, 0) is 17.8 Å². The number of carbonyl (C=O) groups is 1. The van der Waals surface area contributed by atoms with E-state index in [2.05, 4.69) is 0 Å². The zero-order valence-electron chi connectivity index (χ0n) is 17.9. The van der Waals surface area contributed by atoms with Crippen molar-refractivity contribution in [2.75, 3.05) is 26.8 Å². The van der Waals surface area contributed by atoms with Gasteiger partial charge < -0.3 is 19.9 Å². The van der Waals surface area contributed by atoms with Gasteiger partial charge in [-0.15, -0.1) is 0 Å². The van der Waals surface area contributed by atoms with Crippen molar-refractivity contribution in [1.82, 2.24) is 9.47 Å². The molecule has 2 heterocycles. The standard InChI is InChI=1S/C24H26F3N3O2/c1-32-9-8-30-14-19(23-21(27)11-17(25)12-22(23)30)24(31)29-6-4-16(5-7-29)18-10-15(13-28)2-3-20(18)26/h2-3,10-12,14,16H,4-9,13,28H2,1H3. The van der Waals surface area contributed by atoms with Gasteiger partial charge in [0.2, 0.25) is 0 Å². The molecule has 0 radical (unpaired) electrons. The number of nitrogens with zero attached hydrogens (tertiary/aromatic N) is 2. The molecular weight excluding hydrogens is 419 g/mol. The number of amides is 1. The molecule has 4 rings (SSSR count). The van der Waals surface area contributed by atoms with Crippen LogP contribution in [0.1, 0.15) is 40.2 Å². The van der Waals surface area contributed by atoms with Gasteiger partial charge in [0, 0.05) is 50.9 Å². The van der Waals surface area contributed by atoms with Crippen LogP contribution in [0.5, 0.6) is 0 Å². The SMILES string of the molecule is COCCn1cc(C(=O)N2CCC(c3cc(CN)ccc3F)CC2)c2c(F)cc(F)cc21. The van der Waals surface area contributed by atoms with Gasteiger partial charge in [-0.05, 0) is 42.0 Å². The Morgan fingerprint density at radius 1 is 1.12 bits per heavy atom. The van der Waals surface area contributed by atoms with E-state index in [1.165, 1.54) is 19.2 Å². The zero-order chi connectivity index (χ0) is 22.8. The molecule has 32 heavy (non-hydrogen) atoms. The molecule has 1 saturated heterocycles. The third-order valence-corrected chi connectivity index (χ3v) is 6.18. The second-order valence-corrected chi connectivity index (χ2v) is 8.14. The van der Waals surface area contributed by atoms with Gasteiger partial charge in [0.25, 0.3) is 5.91 Å². The summed E-state index contributed by atoms with van der Waals surface area (Å²) in [7, 11) is 1.54. The largest absolute Gasteiger partial charge is 0.383 e. The van der Waals surface area contributed by atoms with Gasteiger partial charge in [-0.3, -0.25) is 4.79 Å². The maximum atomic E-state index is 14.7. The number of rotatable bonds is 6. The fourth-order valence-electron chi connectivity index (χ4n) is 4.48. The van der Waals surface area contributed by atoms with Gasteiger partial charge >= 0.3 is 0 Å². The summed E-state index contributed by atoms with van der Waals surface area (Å²) in [5, 5.41) is 0.108. The lowest BCUT2D eigenvalue weighted by Crippen LogP contribution is -2.38. The number of methoxy groups -OCH3 is 1. The van der Waals surface area contributed by atoms with Crippen molar-refractivity contribution in [3.05, 3.63) is 70.7 Å². The lowest BCUT2D eigenvalue weighted by molar-refractivity contribution is 0.0713. The molecule has 170 valence electrons. The highest BCUT2D eigenvalue weighted by Crippen LogP contribution is 2.33. The molecule has 2 aromatic carbocycles. The predicted molar refractivity (Wildman–Crippen MR) is 116 cm³/mol. The van der Waals surface area contributed by atoms with Gasteiger partial charge in [0.1, 0.15) is 17.5 Å². The first-order valence-electron chi connectivity index (χ1n) is 10.7. The van der Waals surface area contributed by atoms with E-state index in [0.717, 1.165) is 11.6 Å². The number of hydrogen-bond acceptors (Lipinski definition) is 3. The van der Waals surface area contributed by atoms with Gasteiger partial charge in [0.05, 0.1) is 17.7 Å². The number of hydrogen-bond donors (Lipinski definition) is 1. The summed E-state index contributed by atoms with van der Waals surface area (Å²) in [6.07, 6.45) is 2.75. The second kappa shape index (κ2) is 9.34. The Kier molecular flexibility index (Phi) is 6.53. The molecule has 1 aromatic heterocycles. The predicted octanol–water partition coefficient (Wildman–Crippen LogP) is 4.18. The van der Waals surface area contributed by atoms with E-state index in [4.69, 9.17) is 10.5 Å². The third-order valence-electron chi connectivity index (χ3n) is 6.18. The van der Waals surface area contributed by atoms with Gasteiger partial charge in [0.15, 0.2) is 0 Å². The molecule has 1 amide bonds. The zero-order valence-corrected chi connectivity index (χ0v) is 17.9. The minimum absolute atomic E-state index is 0.0144. The van der Waals surface area contributed by atoms with Crippen molar-refractivity contribution in [2.45, 2.75) is 31.8 Å². The number of halogens is 3. The fourth-order valence-corrected chi connectivity index (χ4v) is 4.48. The van der Waals surface area contributed by atoms with Crippen molar-refractivity contribution in [3.8, 4) is 0 Å². The van der Waals surface area contributed by atoms with E-state index >= 15 is 0 Å². The first-order chi connectivity index (χ1) is 15.4. The molecule has 0 atom stereocenters. The van der Waals surface area contributed by atoms with Crippen molar-refractivity contribution >= 4 is 16.8 Å². The monoisotopic (exact) mass is 445 g/mol. The molecule has 8 heteroatoms. The second-order valence-electron chi connectivity index (χ2n) is 8.14. The number of fused-ring (bicyclic) bond motifs is 1. The summed E-state index contributed by atoms with van der Waals surface area (Å²) < 4.78 is 49.6. The highest BCUT2D eigenvalue weighted by Gasteiger charge is 2.29. The van der Waals surface area contributed by atoms with Gasteiger partial charge in [-0.2, -0.15) is 0 Å². The van der Waals surface area contributed by atoms with Crippen LogP contribution in [-0.4, -0.2) is 42.2 Å². The molecule has 0 aliphatic carbocycles. The van der Waals surface area contributed by atoms with E-state index in [1.807, 2.05) is 0 Å². The van der Waals surface area contributed by atoms with Crippen LogP contribution >= 0.6 is 0 Å². The van der Waals surface area contributed by atoms with E-state index in [-0.39, 0.29) is 28.6 Å². The Hall–Kier alpha value is -2.84. The van der Waals surface area contributed by atoms with Gasteiger partial charge in [-0.1, -0.05) is 12.1 Å². The number of piperidine rings is 1. The number of likely N-dealkylation sites (tertiary alicyclic amines) is 1. The Morgan fingerprint density at radius 2 is 1.88 bits per heavy atom. The maximum Gasteiger partial charge on any atom is 0.256 e. The average Bonchev–Trinajstić information content (AvgIpc) is 3.16. The molecule has 2 N–H and O–H groups in total. The molecule has 1 fully saturated rings. The normalized spacial score (nSPS) is 15.0. The molecular formula is C24H26F3N3O2. The first kappa shape index (κ1) is 22.4. The van der Waals surface area contributed by atoms with Crippen LogP contribution in [0.4, 0.5) is 13.2 Å². The quantitative estimate of drug-likeness (QED) is 0.619. The Morgan fingerprint density at radius 3 is 2.56 bits per heavy atom. The molecule has 0 unspecified atom stereocenters. The summed E-state index contributed by atoms with van der Waals surface area (Å²) in [5.74, 6) is -2.06. The van der Waals surface area contributed by atoms with Crippen LogP contribution in [0.15, 0.2) is 36.5 Å². The molecule has 0 spiro atoms. The number of aromatic nitrogens is 1. The van der Waals surface area contributed by atoms with E-state index < -0.39 is 11.6 Å². The summed E-state index contributed by atoms with van der Waals surface area (Å²) in [4.78, 5) is 14.9. The summed E-state index contributed by atoms with van der Waals surface area (Å²) in [6, 6.07) is 6.92.